The average Bonchev–Trinajstić information content (AvgIpc) is 2.47. The van der Waals surface area contributed by atoms with Gasteiger partial charge in [-0.3, -0.25) is 14.5 Å². The van der Waals surface area contributed by atoms with Gasteiger partial charge in [-0.15, -0.1) is 13.2 Å². The van der Waals surface area contributed by atoms with Crippen molar-refractivity contribution in [3.63, 3.8) is 0 Å². The predicted octanol–water partition coefficient (Wildman–Crippen LogP) is 0.804. The summed E-state index contributed by atoms with van der Waals surface area (Å²) in [4.78, 5) is 25.3. The van der Waals surface area contributed by atoms with Gasteiger partial charge in [0.2, 0.25) is 11.8 Å². The van der Waals surface area contributed by atoms with Crippen LogP contribution in [0.2, 0.25) is 0 Å². The zero-order valence-corrected chi connectivity index (χ0v) is 12.3. The van der Waals surface area contributed by atoms with E-state index in [0.29, 0.717) is 18.7 Å². The van der Waals surface area contributed by atoms with E-state index in [0.717, 1.165) is 12.1 Å². The van der Waals surface area contributed by atoms with Crippen molar-refractivity contribution in [1.82, 2.24) is 15.5 Å². The molecular formula is C14H16F3N3O3. The fourth-order valence-electron chi connectivity index (χ4n) is 2.36. The molecule has 0 aromatic heterocycles. The monoisotopic (exact) mass is 331 g/mol. The first-order valence-electron chi connectivity index (χ1n) is 6.88. The predicted molar refractivity (Wildman–Crippen MR) is 74.5 cm³/mol. The first-order chi connectivity index (χ1) is 10.8. The van der Waals surface area contributed by atoms with E-state index >= 15 is 0 Å². The Morgan fingerprint density at radius 3 is 2.61 bits per heavy atom. The van der Waals surface area contributed by atoms with Crippen LogP contribution in [0.4, 0.5) is 13.2 Å². The van der Waals surface area contributed by atoms with Gasteiger partial charge in [-0.25, -0.2) is 0 Å². The van der Waals surface area contributed by atoms with Crippen LogP contribution in [0.1, 0.15) is 11.6 Å². The summed E-state index contributed by atoms with van der Waals surface area (Å²) in [6, 6.07) is 4.31. The van der Waals surface area contributed by atoms with Gasteiger partial charge in [-0.1, -0.05) is 12.1 Å². The number of rotatable bonds is 4. The first kappa shape index (κ1) is 17.1. The highest BCUT2D eigenvalue weighted by Gasteiger charge is 2.33. The Kier molecular flexibility index (Phi) is 5.09. The highest BCUT2D eigenvalue weighted by atomic mass is 19.4. The molecule has 2 rings (SSSR count). The van der Waals surface area contributed by atoms with Crippen LogP contribution >= 0.6 is 0 Å². The highest BCUT2D eigenvalue weighted by Crippen LogP contribution is 2.27. The summed E-state index contributed by atoms with van der Waals surface area (Å²) in [5.74, 6) is -0.915. The lowest BCUT2D eigenvalue weighted by atomic mass is 10.0. The van der Waals surface area contributed by atoms with Gasteiger partial charge in [0.05, 0.1) is 6.54 Å². The number of hydrogen-bond acceptors (Lipinski definition) is 4. The molecule has 2 amide bonds. The summed E-state index contributed by atoms with van der Waals surface area (Å²) >= 11 is 0. The summed E-state index contributed by atoms with van der Waals surface area (Å²) in [6.07, 6.45) is -4.77. The molecule has 0 unspecified atom stereocenters. The Balaban J connectivity index is 2.18. The lowest BCUT2D eigenvalue weighted by Crippen LogP contribution is -2.52. The quantitative estimate of drug-likeness (QED) is 0.856. The molecule has 0 aliphatic carbocycles. The molecule has 9 heteroatoms. The number of carbonyl (C=O) groups is 2. The molecule has 0 bridgehead atoms. The fourth-order valence-corrected chi connectivity index (χ4v) is 2.36. The van der Waals surface area contributed by atoms with E-state index < -0.39 is 12.4 Å². The molecule has 1 aromatic carbocycles. The van der Waals surface area contributed by atoms with Gasteiger partial charge >= 0.3 is 6.36 Å². The van der Waals surface area contributed by atoms with Crippen molar-refractivity contribution in [2.45, 2.75) is 12.4 Å². The minimum absolute atomic E-state index is 0.0232. The maximum Gasteiger partial charge on any atom is 0.573 e. The van der Waals surface area contributed by atoms with Gasteiger partial charge in [0, 0.05) is 20.1 Å². The van der Waals surface area contributed by atoms with Gasteiger partial charge < -0.3 is 15.4 Å². The third-order valence-corrected chi connectivity index (χ3v) is 3.37. The summed E-state index contributed by atoms with van der Waals surface area (Å²) in [6.45, 7) is 0.890. The van der Waals surface area contributed by atoms with E-state index in [2.05, 4.69) is 15.4 Å². The molecule has 2 N–H and O–H groups in total. The zero-order chi connectivity index (χ0) is 17.0. The fraction of sp³-hybridized carbons (Fsp3) is 0.429. The van der Waals surface area contributed by atoms with Crippen LogP contribution in [-0.2, 0) is 9.59 Å². The van der Waals surface area contributed by atoms with Crippen LogP contribution < -0.4 is 15.4 Å². The topological polar surface area (TPSA) is 70.7 Å². The number of carbonyl (C=O) groups excluding carboxylic acids is 2. The molecule has 1 aromatic rings. The van der Waals surface area contributed by atoms with Crippen LogP contribution in [0.25, 0.3) is 0 Å². The molecule has 6 nitrogen and oxygen atoms in total. The Morgan fingerprint density at radius 2 is 2.04 bits per heavy atom. The van der Waals surface area contributed by atoms with Crippen molar-refractivity contribution in [1.29, 1.82) is 0 Å². The molecular weight excluding hydrogens is 315 g/mol. The van der Waals surface area contributed by atoms with Crippen molar-refractivity contribution in [3.05, 3.63) is 29.8 Å². The molecule has 1 atom stereocenters. The SMILES string of the molecule is CNC(=O)CN1CCNC(=O)[C@@H]1c1ccc(OC(F)(F)F)cc1. The number of amides is 2. The van der Waals surface area contributed by atoms with Crippen molar-refractivity contribution in [2.75, 3.05) is 26.7 Å². The Bertz CT molecular complexity index is 575. The molecule has 126 valence electrons. The smallest absolute Gasteiger partial charge is 0.406 e. The molecule has 0 spiro atoms. The number of halogens is 3. The first-order valence-corrected chi connectivity index (χ1v) is 6.88. The summed E-state index contributed by atoms with van der Waals surface area (Å²) in [5.41, 5.74) is 0.487. The molecule has 1 fully saturated rings. The van der Waals surface area contributed by atoms with Crippen LogP contribution in [0.5, 0.6) is 5.75 Å². The van der Waals surface area contributed by atoms with Crippen LogP contribution in [-0.4, -0.2) is 49.8 Å². The number of piperazine rings is 1. The van der Waals surface area contributed by atoms with Gasteiger partial charge in [-0.05, 0) is 17.7 Å². The summed E-state index contributed by atoms with van der Waals surface area (Å²) in [7, 11) is 1.49. The van der Waals surface area contributed by atoms with Crippen molar-refractivity contribution in [2.24, 2.45) is 0 Å². The summed E-state index contributed by atoms with van der Waals surface area (Å²) < 4.78 is 40.3. The highest BCUT2D eigenvalue weighted by molar-refractivity contribution is 5.85. The summed E-state index contributed by atoms with van der Waals surface area (Å²) in [5, 5.41) is 5.16. The third kappa shape index (κ3) is 4.59. The number of likely N-dealkylation sites (N-methyl/N-ethyl adjacent to an activating group) is 1. The Hall–Kier alpha value is -2.29. The lowest BCUT2D eigenvalue weighted by Gasteiger charge is -2.34. The van der Waals surface area contributed by atoms with Crippen LogP contribution in [0.3, 0.4) is 0 Å². The molecule has 1 saturated heterocycles. The second-order valence-corrected chi connectivity index (χ2v) is 4.95. The van der Waals surface area contributed by atoms with Gasteiger partial charge in [0.25, 0.3) is 0 Å². The minimum Gasteiger partial charge on any atom is -0.406 e. The number of ether oxygens (including phenoxy) is 1. The van der Waals surface area contributed by atoms with Crippen molar-refractivity contribution >= 4 is 11.8 Å². The van der Waals surface area contributed by atoms with E-state index in [4.69, 9.17) is 0 Å². The van der Waals surface area contributed by atoms with Gasteiger partial charge in [0.1, 0.15) is 11.8 Å². The van der Waals surface area contributed by atoms with Gasteiger partial charge in [0.15, 0.2) is 0 Å². The Labute approximate surface area is 130 Å². The second kappa shape index (κ2) is 6.86. The third-order valence-electron chi connectivity index (χ3n) is 3.37. The van der Waals surface area contributed by atoms with E-state index in [-0.39, 0.29) is 24.1 Å². The molecule has 1 aliphatic rings. The number of alkyl halides is 3. The molecule has 0 radical (unpaired) electrons. The molecule has 1 aliphatic heterocycles. The maximum absolute atomic E-state index is 12.2. The maximum atomic E-state index is 12.2. The second-order valence-electron chi connectivity index (χ2n) is 4.95. The largest absolute Gasteiger partial charge is 0.573 e. The van der Waals surface area contributed by atoms with Crippen molar-refractivity contribution < 1.29 is 27.5 Å². The number of hydrogen-bond donors (Lipinski definition) is 2. The molecule has 23 heavy (non-hydrogen) atoms. The van der Waals surface area contributed by atoms with E-state index in [9.17, 15) is 22.8 Å². The zero-order valence-electron chi connectivity index (χ0n) is 12.3. The minimum atomic E-state index is -4.77. The van der Waals surface area contributed by atoms with Gasteiger partial charge in [-0.2, -0.15) is 0 Å². The lowest BCUT2D eigenvalue weighted by molar-refractivity contribution is -0.274. The van der Waals surface area contributed by atoms with Crippen molar-refractivity contribution in [3.8, 4) is 5.75 Å². The Morgan fingerprint density at radius 1 is 1.39 bits per heavy atom. The normalized spacial score (nSPS) is 19.1. The van der Waals surface area contributed by atoms with Crippen LogP contribution in [0.15, 0.2) is 24.3 Å². The van der Waals surface area contributed by atoms with E-state index in [1.807, 2.05) is 0 Å². The standard InChI is InChI=1S/C14H16F3N3O3/c1-18-11(21)8-20-7-6-19-13(22)12(20)9-2-4-10(5-3-9)23-14(15,16)17/h2-5,12H,6-8H2,1H3,(H,18,21)(H,19,22)/t12-/m0/s1. The number of benzene rings is 1. The van der Waals surface area contributed by atoms with Crippen LogP contribution in [0, 0.1) is 0 Å². The van der Waals surface area contributed by atoms with E-state index in [1.54, 1.807) is 4.90 Å². The molecule has 1 heterocycles. The van der Waals surface area contributed by atoms with E-state index in [1.165, 1.54) is 19.2 Å². The average molecular weight is 331 g/mol. The molecule has 0 saturated carbocycles. The number of nitrogens with zero attached hydrogens (tertiary/aromatic N) is 1. The number of nitrogens with one attached hydrogen (secondary N) is 2.